The zero-order chi connectivity index (χ0) is 20.5. The molecule has 0 bridgehead atoms. The third-order valence-corrected chi connectivity index (χ3v) is 5.06. The van der Waals surface area contributed by atoms with E-state index in [1.807, 2.05) is 0 Å². The fraction of sp³-hybridized carbons (Fsp3) is 0.667. The molecule has 2 heterocycles. The maximum Gasteiger partial charge on any atom is 0.290 e. The first kappa shape index (κ1) is 21.8. The van der Waals surface area contributed by atoms with Crippen LogP contribution < -0.4 is 5.32 Å². The number of nitrogens with zero attached hydrogens (tertiary/aromatic N) is 2. The van der Waals surface area contributed by atoms with Crippen molar-refractivity contribution in [2.24, 2.45) is 11.8 Å². The van der Waals surface area contributed by atoms with Gasteiger partial charge in [-0.1, -0.05) is 5.16 Å². The lowest BCUT2D eigenvalue weighted by Crippen LogP contribution is -2.44. The van der Waals surface area contributed by atoms with Crippen LogP contribution in [0.15, 0.2) is 16.9 Å². The Morgan fingerprint density at radius 1 is 1.32 bits per heavy atom. The number of aliphatic hydroxyl groups excluding tert-OH is 1. The van der Waals surface area contributed by atoms with Crippen molar-refractivity contribution in [2.75, 3.05) is 20.3 Å². The molecule has 1 aromatic rings. The Labute approximate surface area is 162 Å². The minimum atomic E-state index is -0.696. The smallest absolute Gasteiger partial charge is 0.290 e. The molecule has 3 N–H and O–H groups in total. The van der Waals surface area contributed by atoms with Crippen molar-refractivity contribution in [2.45, 2.75) is 44.4 Å². The Kier molecular flexibility index (Phi) is 8.40. The SMILES string of the molecule is CN(Cc1ccon1)C(=O)[C@@H]1C[C@@H](O)[C@H](NC(=O)C2CCOCC2)C1.O=CO. The highest BCUT2D eigenvalue weighted by atomic mass is 16.5. The van der Waals surface area contributed by atoms with E-state index in [9.17, 15) is 14.7 Å². The van der Waals surface area contributed by atoms with Crippen LogP contribution in [0.4, 0.5) is 0 Å². The van der Waals surface area contributed by atoms with E-state index >= 15 is 0 Å². The average Bonchev–Trinajstić information content (AvgIpc) is 3.32. The summed E-state index contributed by atoms with van der Waals surface area (Å²) in [6.45, 7) is 1.31. The number of aliphatic hydroxyl groups is 1. The molecule has 28 heavy (non-hydrogen) atoms. The van der Waals surface area contributed by atoms with Gasteiger partial charge in [0, 0.05) is 38.2 Å². The molecule has 2 amide bonds. The Hall–Kier alpha value is -2.46. The molecule has 0 aromatic carbocycles. The number of nitrogens with one attached hydrogen (secondary N) is 1. The van der Waals surface area contributed by atoms with Gasteiger partial charge in [0.25, 0.3) is 6.47 Å². The number of carbonyl (C=O) groups excluding carboxylic acids is 2. The van der Waals surface area contributed by atoms with E-state index in [0.717, 1.165) is 0 Å². The maximum absolute atomic E-state index is 12.6. The lowest BCUT2D eigenvalue weighted by molar-refractivity contribution is -0.135. The predicted octanol–water partition coefficient (Wildman–Crippen LogP) is 0.0161. The van der Waals surface area contributed by atoms with Gasteiger partial charge in [0.15, 0.2) is 0 Å². The van der Waals surface area contributed by atoms with Gasteiger partial charge >= 0.3 is 0 Å². The summed E-state index contributed by atoms with van der Waals surface area (Å²) in [5, 5.41) is 23.9. The molecule has 1 aliphatic heterocycles. The highest BCUT2D eigenvalue weighted by Gasteiger charge is 2.39. The number of carbonyl (C=O) groups is 3. The van der Waals surface area contributed by atoms with Crippen molar-refractivity contribution in [3.05, 3.63) is 18.0 Å². The van der Waals surface area contributed by atoms with Gasteiger partial charge in [0.05, 0.1) is 18.7 Å². The summed E-state index contributed by atoms with van der Waals surface area (Å²) in [6.07, 6.45) is 3.00. The molecular formula is C18H27N3O7. The van der Waals surface area contributed by atoms with Crippen molar-refractivity contribution in [1.82, 2.24) is 15.4 Å². The van der Waals surface area contributed by atoms with E-state index < -0.39 is 6.10 Å². The van der Waals surface area contributed by atoms with E-state index in [1.165, 1.54) is 6.26 Å². The molecule has 2 aliphatic rings. The third-order valence-electron chi connectivity index (χ3n) is 5.06. The summed E-state index contributed by atoms with van der Waals surface area (Å²) < 4.78 is 10.0. The minimum Gasteiger partial charge on any atom is -0.483 e. The summed E-state index contributed by atoms with van der Waals surface area (Å²) in [5.41, 5.74) is 0.679. The average molecular weight is 397 g/mol. The first-order chi connectivity index (χ1) is 13.5. The molecule has 0 spiro atoms. The second kappa shape index (κ2) is 10.8. The maximum atomic E-state index is 12.6. The normalized spacial score (nSPS) is 24.7. The van der Waals surface area contributed by atoms with Gasteiger partial charge < -0.3 is 29.7 Å². The minimum absolute atomic E-state index is 0.0450. The molecule has 0 radical (unpaired) electrons. The molecule has 1 aromatic heterocycles. The van der Waals surface area contributed by atoms with Crippen LogP contribution in [0.25, 0.3) is 0 Å². The number of rotatable bonds is 5. The zero-order valence-electron chi connectivity index (χ0n) is 15.8. The Bertz CT molecular complexity index is 631. The van der Waals surface area contributed by atoms with Crippen LogP contribution in [-0.2, 0) is 25.7 Å². The highest BCUT2D eigenvalue weighted by molar-refractivity contribution is 5.81. The largest absolute Gasteiger partial charge is 0.483 e. The summed E-state index contributed by atoms with van der Waals surface area (Å²) in [6, 6.07) is 1.34. The lowest BCUT2D eigenvalue weighted by Gasteiger charge is -2.24. The van der Waals surface area contributed by atoms with E-state index in [4.69, 9.17) is 19.2 Å². The molecule has 3 rings (SSSR count). The molecule has 156 valence electrons. The molecule has 0 unspecified atom stereocenters. The quantitative estimate of drug-likeness (QED) is 0.590. The summed E-state index contributed by atoms with van der Waals surface area (Å²) >= 11 is 0. The van der Waals surface area contributed by atoms with Gasteiger partial charge in [0.1, 0.15) is 12.0 Å². The number of carboxylic acid groups (broad SMARTS) is 1. The van der Waals surface area contributed by atoms with Gasteiger partial charge in [-0.3, -0.25) is 14.4 Å². The second-order valence-corrected chi connectivity index (χ2v) is 7.03. The van der Waals surface area contributed by atoms with Crippen molar-refractivity contribution < 1.29 is 33.9 Å². The van der Waals surface area contributed by atoms with Crippen molar-refractivity contribution in [1.29, 1.82) is 0 Å². The van der Waals surface area contributed by atoms with Gasteiger partial charge in [0.2, 0.25) is 11.8 Å². The van der Waals surface area contributed by atoms with E-state index in [1.54, 1.807) is 18.0 Å². The van der Waals surface area contributed by atoms with Crippen LogP contribution in [0.5, 0.6) is 0 Å². The summed E-state index contributed by atoms with van der Waals surface area (Å²) in [7, 11) is 1.71. The van der Waals surface area contributed by atoms with Crippen molar-refractivity contribution >= 4 is 18.3 Å². The van der Waals surface area contributed by atoms with Crippen LogP contribution in [-0.4, -0.2) is 71.0 Å². The van der Waals surface area contributed by atoms with E-state index in [0.29, 0.717) is 51.1 Å². The van der Waals surface area contributed by atoms with E-state index in [2.05, 4.69) is 10.5 Å². The first-order valence-corrected chi connectivity index (χ1v) is 9.24. The van der Waals surface area contributed by atoms with Crippen LogP contribution >= 0.6 is 0 Å². The molecule has 1 saturated carbocycles. The van der Waals surface area contributed by atoms with Gasteiger partial charge in [-0.05, 0) is 25.7 Å². The fourth-order valence-electron chi connectivity index (χ4n) is 3.58. The summed E-state index contributed by atoms with van der Waals surface area (Å²) in [4.78, 5) is 34.8. The second-order valence-electron chi connectivity index (χ2n) is 7.03. The van der Waals surface area contributed by atoms with Crippen LogP contribution in [0.2, 0.25) is 0 Å². The molecule has 10 nitrogen and oxygen atoms in total. The van der Waals surface area contributed by atoms with Gasteiger partial charge in [-0.15, -0.1) is 0 Å². The standard InChI is InChI=1S/C17H25N3O5.CH2O2/c1-20(10-13-4-7-25-19-13)17(23)12-8-14(15(21)9-12)18-16(22)11-2-5-24-6-3-11;2-1-3/h4,7,11-12,14-15,21H,2-3,5-6,8-10H2,1H3,(H,18,22);1H,(H,2,3)/t12-,14+,15+;/m0./s1. The molecule has 2 fully saturated rings. The van der Waals surface area contributed by atoms with Crippen molar-refractivity contribution in [3.8, 4) is 0 Å². The highest BCUT2D eigenvalue weighted by Crippen LogP contribution is 2.29. The van der Waals surface area contributed by atoms with Crippen molar-refractivity contribution in [3.63, 3.8) is 0 Å². The molecule has 3 atom stereocenters. The molecule has 10 heteroatoms. The first-order valence-electron chi connectivity index (χ1n) is 9.24. The van der Waals surface area contributed by atoms with E-state index in [-0.39, 0.29) is 36.2 Å². The zero-order valence-corrected chi connectivity index (χ0v) is 15.8. The number of ether oxygens (including phenoxy) is 1. The topological polar surface area (TPSA) is 142 Å². The van der Waals surface area contributed by atoms with Gasteiger partial charge in [-0.2, -0.15) is 0 Å². The molecular weight excluding hydrogens is 370 g/mol. The Balaban J connectivity index is 0.000000878. The molecule has 1 aliphatic carbocycles. The summed E-state index contributed by atoms with van der Waals surface area (Å²) in [5.74, 6) is -0.460. The lowest BCUT2D eigenvalue weighted by atomic mass is 9.98. The van der Waals surface area contributed by atoms with Crippen LogP contribution in [0.3, 0.4) is 0 Å². The van der Waals surface area contributed by atoms with Gasteiger partial charge in [-0.25, -0.2) is 0 Å². The van der Waals surface area contributed by atoms with Crippen LogP contribution in [0, 0.1) is 11.8 Å². The van der Waals surface area contributed by atoms with Crippen LogP contribution in [0.1, 0.15) is 31.4 Å². The third kappa shape index (κ3) is 6.03. The number of amides is 2. The monoisotopic (exact) mass is 397 g/mol. The Morgan fingerprint density at radius 2 is 2.00 bits per heavy atom. The number of aromatic nitrogens is 1. The number of hydrogen-bond donors (Lipinski definition) is 3. The predicted molar refractivity (Wildman–Crippen MR) is 95.9 cm³/mol. The Morgan fingerprint density at radius 3 is 2.61 bits per heavy atom. The number of hydrogen-bond acceptors (Lipinski definition) is 7. The fourth-order valence-corrected chi connectivity index (χ4v) is 3.58. The molecule has 1 saturated heterocycles.